The first-order valence-electron chi connectivity index (χ1n) is 12.4. The minimum absolute atomic E-state index is 0. The second-order valence-electron chi connectivity index (χ2n) is 9.45. The fourth-order valence-corrected chi connectivity index (χ4v) is 5.16. The molecule has 1 aliphatic rings. The van der Waals surface area contributed by atoms with Gasteiger partial charge in [0.25, 0.3) is 5.56 Å². The van der Waals surface area contributed by atoms with E-state index >= 15 is 0 Å². The van der Waals surface area contributed by atoms with Crippen molar-refractivity contribution in [1.82, 2.24) is 24.1 Å². The molecule has 0 radical (unpaired) electrons. The molecule has 0 spiro atoms. The molecule has 4 heterocycles. The molecule has 192 valence electrons. The molecule has 1 aliphatic heterocycles. The number of nitriles is 1. The minimum Gasteiger partial charge on any atom is -0.355 e. The van der Waals surface area contributed by atoms with Gasteiger partial charge in [-0.25, -0.2) is 15.0 Å². The van der Waals surface area contributed by atoms with Gasteiger partial charge >= 0.3 is 0 Å². The number of nitrogens with zero attached hydrogens (tertiary/aromatic N) is 7. The third kappa shape index (κ3) is 4.60. The van der Waals surface area contributed by atoms with Crippen LogP contribution in [0.3, 0.4) is 0 Å². The average molecular weight is 527 g/mol. The standard InChI is InChI=1S/C28H26N8O.ClH/c29-13-22-25-26(28(37)35(18-32-25)17-24-31-14-20-9-4-5-11-23(20)33-24)36(15-19-7-2-1-3-8-19)27(22)34-12-6-10-21(30)16-34;/h1-5,7-9,11,14,18,21H,6,10,12,15-17,30H2;1H. The molecule has 0 bridgehead atoms. The van der Waals surface area contributed by atoms with Gasteiger partial charge in [-0.15, -0.1) is 12.4 Å². The van der Waals surface area contributed by atoms with E-state index in [4.69, 9.17) is 5.73 Å². The number of halogens is 1. The van der Waals surface area contributed by atoms with Crippen LogP contribution in [0.4, 0.5) is 5.82 Å². The van der Waals surface area contributed by atoms with Crippen LogP contribution in [-0.2, 0) is 13.1 Å². The van der Waals surface area contributed by atoms with E-state index in [1.807, 2.05) is 59.2 Å². The molecule has 5 aromatic rings. The highest BCUT2D eigenvalue weighted by Crippen LogP contribution is 2.32. The summed E-state index contributed by atoms with van der Waals surface area (Å²) in [5.74, 6) is 1.23. The fourth-order valence-electron chi connectivity index (χ4n) is 5.16. The number of hydrogen-bond donors (Lipinski definition) is 1. The molecule has 9 nitrogen and oxygen atoms in total. The maximum absolute atomic E-state index is 13.9. The summed E-state index contributed by atoms with van der Waals surface area (Å²) in [7, 11) is 0. The van der Waals surface area contributed by atoms with Gasteiger partial charge in [-0.2, -0.15) is 5.26 Å². The van der Waals surface area contributed by atoms with Crippen LogP contribution >= 0.6 is 12.4 Å². The van der Waals surface area contributed by atoms with E-state index in [-0.39, 0.29) is 30.6 Å². The van der Waals surface area contributed by atoms with Crippen molar-refractivity contribution in [2.24, 2.45) is 5.73 Å². The van der Waals surface area contributed by atoms with Crippen molar-refractivity contribution in [3.8, 4) is 6.07 Å². The zero-order valence-corrected chi connectivity index (χ0v) is 21.5. The van der Waals surface area contributed by atoms with Gasteiger partial charge in [-0.3, -0.25) is 9.36 Å². The Balaban J connectivity index is 0.00000294. The molecule has 38 heavy (non-hydrogen) atoms. The van der Waals surface area contributed by atoms with E-state index in [0.29, 0.717) is 41.3 Å². The number of rotatable bonds is 5. The smallest absolute Gasteiger partial charge is 0.278 e. The maximum Gasteiger partial charge on any atom is 0.278 e. The molecular weight excluding hydrogens is 500 g/mol. The molecule has 3 aromatic heterocycles. The first kappa shape index (κ1) is 25.4. The number of para-hydroxylation sites is 1. The summed E-state index contributed by atoms with van der Waals surface area (Å²) in [5, 5.41) is 11.1. The Labute approximate surface area is 225 Å². The zero-order valence-electron chi connectivity index (χ0n) is 20.7. The molecule has 1 unspecified atom stereocenters. The maximum atomic E-state index is 13.9. The summed E-state index contributed by atoms with van der Waals surface area (Å²) in [6.45, 7) is 2.01. The second kappa shape index (κ2) is 10.6. The minimum atomic E-state index is -0.234. The van der Waals surface area contributed by atoms with Gasteiger partial charge in [-0.05, 0) is 24.5 Å². The van der Waals surface area contributed by atoms with Crippen molar-refractivity contribution in [1.29, 1.82) is 5.26 Å². The van der Waals surface area contributed by atoms with Gasteiger partial charge in [0, 0.05) is 37.3 Å². The molecule has 0 aliphatic carbocycles. The third-order valence-corrected chi connectivity index (χ3v) is 6.90. The molecule has 6 rings (SSSR count). The predicted octanol–water partition coefficient (Wildman–Crippen LogP) is 3.46. The topological polar surface area (TPSA) is 119 Å². The SMILES string of the molecule is Cl.N#Cc1c(N2CCCC(N)C2)n(Cc2ccccc2)c2c(=O)n(Cc3ncc4ccccc4n3)cnc12. The average Bonchev–Trinajstić information content (AvgIpc) is 3.24. The molecule has 2 aromatic carbocycles. The molecular formula is C28H27ClN8O. The summed E-state index contributed by atoms with van der Waals surface area (Å²) in [6.07, 6.45) is 5.12. The van der Waals surface area contributed by atoms with E-state index in [1.54, 1.807) is 6.20 Å². The Kier molecular flexibility index (Phi) is 7.09. The lowest BCUT2D eigenvalue weighted by molar-refractivity contribution is 0.498. The number of nitrogens with two attached hydrogens (primary N) is 1. The van der Waals surface area contributed by atoms with E-state index in [1.165, 1.54) is 10.9 Å². The van der Waals surface area contributed by atoms with E-state index in [0.717, 1.165) is 35.9 Å². The second-order valence-corrected chi connectivity index (χ2v) is 9.45. The van der Waals surface area contributed by atoms with Crippen LogP contribution in [0.1, 0.15) is 29.8 Å². The summed E-state index contributed by atoms with van der Waals surface area (Å²) < 4.78 is 3.45. The van der Waals surface area contributed by atoms with Crippen molar-refractivity contribution in [2.45, 2.75) is 32.0 Å². The lowest BCUT2D eigenvalue weighted by Crippen LogP contribution is -2.44. The van der Waals surface area contributed by atoms with Crippen LogP contribution in [0, 0.1) is 11.3 Å². The quantitative estimate of drug-likeness (QED) is 0.372. The zero-order chi connectivity index (χ0) is 25.4. The highest BCUT2D eigenvalue weighted by atomic mass is 35.5. The van der Waals surface area contributed by atoms with Crippen LogP contribution in [0.25, 0.3) is 21.9 Å². The van der Waals surface area contributed by atoms with Crippen molar-refractivity contribution in [3.05, 3.63) is 94.4 Å². The van der Waals surface area contributed by atoms with E-state index in [9.17, 15) is 10.1 Å². The van der Waals surface area contributed by atoms with Crippen molar-refractivity contribution in [2.75, 3.05) is 18.0 Å². The highest BCUT2D eigenvalue weighted by molar-refractivity contribution is 5.89. The summed E-state index contributed by atoms with van der Waals surface area (Å²) >= 11 is 0. The van der Waals surface area contributed by atoms with Gasteiger partial charge in [-0.1, -0.05) is 48.5 Å². The fraction of sp³-hybridized carbons (Fsp3) is 0.250. The number of anilines is 1. The van der Waals surface area contributed by atoms with Crippen LogP contribution < -0.4 is 16.2 Å². The summed E-state index contributed by atoms with van der Waals surface area (Å²) in [6, 6.07) is 20.0. The summed E-state index contributed by atoms with van der Waals surface area (Å²) in [4.78, 5) is 29.8. The number of aromatic nitrogens is 5. The Bertz CT molecular complexity index is 1710. The highest BCUT2D eigenvalue weighted by Gasteiger charge is 2.28. The Hall–Kier alpha value is -4.26. The van der Waals surface area contributed by atoms with E-state index in [2.05, 4.69) is 25.9 Å². The number of benzene rings is 2. The third-order valence-electron chi connectivity index (χ3n) is 6.90. The van der Waals surface area contributed by atoms with Gasteiger partial charge < -0.3 is 15.2 Å². The van der Waals surface area contributed by atoms with Gasteiger partial charge in [0.2, 0.25) is 0 Å². The lowest BCUT2D eigenvalue weighted by atomic mass is 10.1. The molecule has 1 fully saturated rings. The normalized spacial score (nSPS) is 15.4. The number of hydrogen-bond acceptors (Lipinski definition) is 7. The number of piperidine rings is 1. The van der Waals surface area contributed by atoms with Crippen molar-refractivity contribution < 1.29 is 0 Å². The van der Waals surface area contributed by atoms with Crippen LogP contribution in [0.15, 0.2) is 71.9 Å². The van der Waals surface area contributed by atoms with Gasteiger partial charge in [0.1, 0.15) is 34.3 Å². The molecule has 2 N–H and O–H groups in total. The summed E-state index contributed by atoms with van der Waals surface area (Å²) in [5.41, 5.74) is 9.13. The van der Waals surface area contributed by atoms with E-state index < -0.39 is 0 Å². The molecule has 10 heteroatoms. The Morgan fingerprint density at radius 2 is 1.84 bits per heavy atom. The first-order chi connectivity index (χ1) is 18.1. The molecule has 0 amide bonds. The molecule has 1 atom stereocenters. The molecule has 1 saturated heterocycles. The van der Waals surface area contributed by atoms with Crippen LogP contribution in [-0.4, -0.2) is 43.2 Å². The predicted molar refractivity (Wildman–Crippen MR) is 150 cm³/mol. The molecule has 0 saturated carbocycles. The van der Waals surface area contributed by atoms with Crippen LogP contribution in [0.5, 0.6) is 0 Å². The number of fused-ring (bicyclic) bond motifs is 2. The Morgan fingerprint density at radius 1 is 1.05 bits per heavy atom. The first-order valence-corrected chi connectivity index (χ1v) is 12.4. The monoisotopic (exact) mass is 526 g/mol. The Morgan fingerprint density at radius 3 is 2.63 bits per heavy atom. The largest absolute Gasteiger partial charge is 0.355 e. The lowest BCUT2D eigenvalue weighted by Gasteiger charge is -2.33. The van der Waals surface area contributed by atoms with Gasteiger partial charge in [0.05, 0.1) is 18.4 Å². The van der Waals surface area contributed by atoms with Crippen LogP contribution in [0.2, 0.25) is 0 Å². The van der Waals surface area contributed by atoms with Crippen molar-refractivity contribution >= 4 is 40.2 Å². The van der Waals surface area contributed by atoms with Crippen molar-refractivity contribution in [3.63, 3.8) is 0 Å². The van der Waals surface area contributed by atoms with Gasteiger partial charge in [0.15, 0.2) is 0 Å².